The van der Waals surface area contributed by atoms with Gasteiger partial charge in [-0.3, -0.25) is 4.55 Å². The van der Waals surface area contributed by atoms with Crippen LogP contribution in [-0.4, -0.2) is 25.0 Å². The molecule has 6 heteroatoms. The molecule has 5 nitrogen and oxygen atoms in total. The monoisotopic (exact) mass is 336 g/mol. The van der Waals surface area contributed by atoms with Gasteiger partial charge in [0.1, 0.15) is 6.10 Å². The Morgan fingerprint density at radius 1 is 1.04 bits per heavy atom. The number of hydrogen-bond donors (Lipinski definition) is 1. The molecule has 0 heterocycles. The largest absolute Gasteiger partial charge is 0.458 e. The smallest absolute Gasteiger partial charge is 0.338 e. The predicted octanol–water partition coefficient (Wildman–Crippen LogP) is 2.91. The third-order valence-corrected chi connectivity index (χ3v) is 6.60. The molecule has 5 rings (SSSR count). The Balaban J connectivity index is 1.52. The molecule has 0 saturated heterocycles. The Morgan fingerprint density at radius 2 is 1.65 bits per heavy atom. The van der Waals surface area contributed by atoms with E-state index >= 15 is 0 Å². The van der Waals surface area contributed by atoms with Gasteiger partial charge in [-0.15, -0.1) is 0 Å². The first kappa shape index (κ1) is 15.1. The minimum Gasteiger partial charge on any atom is -0.458 e. The molecule has 0 aliphatic heterocycles. The third-order valence-electron chi connectivity index (χ3n) is 5.75. The average Bonchev–Trinajstić information content (AvgIpc) is 2.49. The lowest BCUT2D eigenvalue weighted by atomic mass is 9.55. The summed E-state index contributed by atoms with van der Waals surface area (Å²) in [6, 6.07) is 5.40. The fourth-order valence-electron chi connectivity index (χ4n) is 5.04. The highest BCUT2D eigenvalue weighted by Gasteiger charge is 2.49. The molecule has 1 aromatic carbocycles. The van der Waals surface area contributed by atoms with Crippen molar-refractivity contribution < 1.29 is 22.5 Å². The van der Waals surface area contributed by atoms with E-state index in [1.165, 1.54) is 30.7 Å². The molecule has 1 aromatic rings. The molecule has 0 radical (unpaired) electrons. The molecule has 0 amide bonds. The number of rotatable bonds is 3. The number of esters is 1. The second-order valence-electron chi connectivity index (χ2n) is 7.30. The van der Waals surface area contributed by atoms with Crippen LogP contribution in [0.1, 0.15) is 42.5 Å². The van der Waals surface area contributed by atoms with Crippen molar-refractivity contribution >= 4 is 16.1 Å². The SMILES string of the molecule is O=C(OC1C2CC3CC(C2)CC1C3)c1cccc(S(=O)(=O)O)c1. The van der Waals surface area contributed by atoms with Crippen molar-refractivity contribution in [1.82, 2.24) is 0 Å². The molecule has 4 fully saturated rings. The van der Waals surface area contributed by atoms with Crippen LogP contribution in [0.15, 0.2) is 29.2 Å². The zero-order chi connectivity index (χ0) is 16.2. The van der Waals surface area contributed by atoms with Crippen molar-refractivity contribution in [3.05, 3.63) is 29.8 Å². The van der Waals surface area contributed by atoms with Crippen LogP contribution in [-0.2, 0) is 14.9 Å². The van der Waals surface area contributed by atoms with Gasteiger partial charge in [-0.25, -0.2) is 4.79 Å². The first-order chi connectivity index (χ1) is 10.9. The first-order valence-corrected chi connectivity index (χ1v) is 9.62. The summed E-state index contributed by atoms with van der Waals surface area (Å²) in [4.78, 5) is 12.1. The molecule has 0 spiro atoms. The van der Waals surface area contributed by atoms with E-state index in [0.717, 1.165) is 37.5 Å². The lowest BCUT2D eigenvalue weighted by Crippen LogP contribution is -2.50. The fourth-order valence-corrected chi connectivity index (χ4v) is 5.57. The van der Waals surface area contributed by atoms with Crippen LogP contribution in [0.5, 0.6) is 0 Å². The predicted molar refractivity (Wildman–Crippen MR) is 82.5 cm³/mol. The molecule has 0 atom stereocenters. The molecular weight excluding hydrogens is 316 g/mol. The molecule has 23 heavy (non-hydrogen) atoms. The number of benzene rings is 1. The summed E-state index contributed by atoms with van der Waals surface area (Å²) in [6.07, 6.45) is 5.90. The Hall–Kier alpha value is -1.40. The van der Waals surface area contributed by atoms with Gasteiger partial charge in [0, 0.05) is 0 Å². The first-order valence-electron chi connectivity index (χ1n) is 8.18. The summed E-state index contributed by atoms with van der Waals surface area (Å²) in [5.41, 5.74) is 0.175. The van der Waals surface area contributed by atoms with E-state index < -0.39 is 16.1 Å². The second-order valence-corrected chi connectivity index (χ2v) is 8.73. The Kier molecular flexibility index (Phi) is 3.50. The van der Waals surface area contributed by atoms with Gasteiger partial charge in [-0.2, -0.15) is 8.42 Å². The van der Waals surface area contributed by atoms with Crippen LogP contribution in [0.2, 0.25) is 0 Å². The van der Waals surface area contributed by atoms with E-state index in [9.17, 15) is 13.2 Å². The maximum absolute atomic E-state index is 12.4. The molecule has 4 aliphatic carbocycles. The average molecular weight is 336 g/mol. The summed E-state index contributed by atoms with van der Waals surface area (Å²) < 4.78 is 37.3. The van der Waals surface area contributed by atoms with Crippen LogP contribution in [0, 0.1) is 23.7 Å². The van der Waals surface area contributed by atoms with Crippen molar-refractivity contribution in [3.63, 3.8) is 0 Å². The summed E-state index contributed by atoms with van der Waals surface area (Å²) >= 11 is 0. The summed E-state index contributed by atoms with van der Waals surface area (Å²) in [5.74, 6) is 2.03. The van der Waals surface area contributed by atoms with Crippen LogP contribution >= 0.6 is 0 Å². The molecule has 1 N–H and O–H groups in total. The maximum atomic E-state index is 12.4. The second kappa shape index (κ2) is 5.31. The van der Waals surface area contributed by atoms with E-state index in [1.54, 1.807) is 0 Å². The quantitative estimate of drug-likeness (QED) is 0.678. The van der Waals surface area contributed by atoms with Gasteiger partial charge in [0.25, 0.3) is 10.1 Å². The van der Waals surface area contributed by atoms with Crippen molar-refractivity contribution in [2.75, 3.05) is 0 Å². The molecule has 4 saturated carbocycles. The molecule has 0 unspecified atom stereocenters. The Bertz CT molecular complexity index is 711. The topological polar surface area (TPSA) is 80.7 Å². The lowest BCUT2D eigenvalue weighted by Gasteiger charge is -2.53. The lowest BCUT2D eigenvalue weighted by molar-refractivity contribution is -0.101. The molecule has 124 valence electrons. The normalized spacial score (nSPS) is 35.3. The highest BCUT2D eigenvalue weighted by molar-refractivity contribution is 7.85. The maximum Gasteiger partial charge on any atom is 0.338 e. The van der Waals surface area contributed by atoms with E-state index in [0.29, 0.717) is 11.8 Å². The highest BCUT2D eigenvalue weighted by atomic mass is 32.2. The molecule has 4 aliphatic rings. The van der Waals surface area contributed by atoms with E-state index in [2.05, 4.69) is 0 Å². The molecule has 0 aromatic heterocycles. The van der Waals surface area contributed by atoms with Crippen molar-refractivity contribution in [1.29, 1.82) is 0 Å². The van der Waals surface area contributed by atoms with Crippen molar-refractivity contribution in [3.8, 4) is 0 Å². The van der Waals surface area contributed by atoms with Crippen LogP contribution < -0.4 is 0 Å². The van der Waals surface area contributed by atoms with Crippen LogP contribution in [0.3, 0.4) is 0 Å². The van der Waals surface area contributed by atoms with Gasteiger partial charge in [-0.1, -0.05) is 6.07 Å². The highest BCUT2D eigenvalue weighted by Crippen LogP contribution is 2.54. The summed E-state index contributed by atoms with van der Waals surface area (Å²) in [6.45, 7) is 0. The molecular formula is C17H20O5S. The van der Waals surface area contributed by atoms with Gasteiger partial charge in [-0.05, 0) is 74.0 Å². The minimum absolute atomic E-state index is 0.0373. The number of hydrogen-bond acceptors (Lipinski definition) is 4. The van der Waals surface area contributed by atoms with E-state index in [4.69, 9.17) is 9.29 Å². The van der Waals surface area contributed by atoms with Gasteiger partial charge >= 0.3 is 5.97 Å². The Morgan fingerprint density at radius 3 is 2.22 bits per heavy atom. The van der Waals surface area contributed by atoms with Gasteiger partial charge in [0.2, 0.25) is 0 Å². The van der Waals surface area contributed by atoms with Crippen LogP contribution in [0.4, 0.5) is 0 Å². The fraction of sp³-hybridized carbons (Fsp3) is 0.588. The molecule has 4 bridgehead atoms. The number of carbonyl (C=O) groups is 1. The standard InChI is InChI=1S/C17H20O5S/c18-17(12-2-1-3-15(9-12)23(19,20)21)22-16-13-5-10-4-11(7-13)8-14(16)6-10/h1-3,9-11,13-14,16H,4-8H2,(H,19,20,21). The van der Waals surface area contributed by atoms with E-state index in [1.807, 2.05) is 0 Å². The van der Waals surface area contributed by atoms with Gasteiger partial charge in [0.05, 0.1) is 10.5 Å². The van der Waals surface area contributed by atoms with Crippen LogP contribution in [0.25, 0.3) is 0 Å². The number of carbonyl (C=O) groups excluding carboxylic acids is 1. The summed E-state index contributed by atoms with van der Waals surface area (Å²) in [7, 11) is -4.32. The summed E-state index contributed by atoms with van der Waals surface area (Å²) in [5, 5.41) is 0. The Labute approximate surface area is 135 Å². The third kappa shape index (κ3) is 2.78. The van der Waals surface area contributed by atoms with Crippen molar-refractivity contribution in [2.24, 2.45) is 23.7 Å². The minimum atomic E-state index is -4.32. The van der Waals surface area contributed by atoms with E-state index in [-0.39, 0.29) is 16.6 Å². The van der Waals surface area contributed by atoms with Gasteiger partial charge < -0.3 is 4.74 Å². The zero-order valence-electron chi connectivity index (χ0n) is 12.7. The zero-order valence-corrected chi connectivity index (χ0v) is 13.5. The van der Waals surface area contributed by atoms with Crippen molar-refractivity contribution in [2.45, 2.75) is 43.1 Å². The number of ether oxygens (including phenoxy) is 1. The van der Waals surface area contributed by atoms with Gasteiger partial charge in [0.15, 0.2) is 0 Å².